The summed E-state index contributed by atoms with van der Waals surface area (Å²) in [4.78, 5) is 23.3. The molecule has 0 saturated heterocycles. The Morgan fingerprint density at radius 3 is 2.58 bits per heavy atom. The van der Waals surface area contributed by atoms with Crippen LogP contribution in [-0.4, -0.2) is 21.1 Å². The summed E-state index contributed by atoms with van der Waals surface area (Å²) in [6, 6.07) is 13.1. The number of hydrogen-bond acceptors (Lipinski definition) is 5. The molecule has 0 spiro atoms. The molecule has 0 fully saturated rings. The molecule has 3 aromatic rings. The molecule has 7 heteroatoms. The van der Waals surface area contributed by atoms with Crippen molar-refractivity contribution in [2.45, 2.75) is 6.92 Å². The van der Waals surface area contributed by atoms with Gasteiger partial charge in [0.25, 0.3) is 5.56 Å². The third-order valence-electron chi connectivity index (χ3n) is 3.41. The lowest BCUT2D eigenvalue weighted by Gasteiger charge is -2.00. The number of phenolic OH excluding ortho intramolecular Hbond substituents is 1. The van der Waals surface area contributed by atoms with Crippen LogP contribution in [0.4, 0.5) is 11.4 Å². The summed E-state index contributed by atoms with van der Waals surface area (Å²) < 4.78 is 0. The van der Waals surface area contributed by atoms with Crippen LogP contribution in [0.2, 0.25) is 0 Å². The number of Topliss-reactive ketones (excluding diaryl/α,β-unsaturated/α-hetero) is 1. The van der Waals surface area contributed by atoms with Crippen LogP contribution >= 0.6 is 0 Å². The molecule has 2 aromatic carbocycles. The van der Waals surface area contributed by atoms with Crippen LogP contribution in [0.1, 0.15) is 17.3 Å². The minimum atomic E-state index is -0.431. The number of phenols is 1. The molecule has 1 aromatic heterocycles. The Bertz CT molecular complexity index is 985. The van der Waals surface area contributed by atoms with E-state index in [9.17, 15) is 14.7 Å². The zero-order chi connectivity index (χ0) is 17.1. The Morgan fingerprint density at radius 1 is 1.04 bits per heavy atom. The van der Waals surface area contributed by atoms with Gasteiger partial charge in [-0.3, -0.25) is 19.8 Å². The molecule has 120 valence electrons. The number of nitrogens with zero attached hydrogens (tertiary/aromatic N) is 2. The van der Waals surface area contributed by atoms with Gasteiger partial charge < -0.3 is 5.11 Å². The molecule has 0 unspecified atom stereocenters. The van der Waals surface area contributed by atoms with E-state index in [1.165, 1.54) is 19.1 Å². The number of ketones is 1. The molecule has 0 bridgehead atoms. The van der Waals surface area contributed by atoms with Gasteiger partial charge in [-0.15, -0.1) is 5.11 Å². The number of carbonyl (C=O) groups is 1. The minimum Gasteiger partial charge on any atom is -0.508 e. The number of aromatic amines is 2. The topological polar surface area (TPSA) is 111 Å². The fourth-order valence-electron chi connectivity index (χ4n) is 2.21. The van der Waals surface area contributed by atoms with Crippen molar-refractivity contribution in [3.63, 3.8) is 0 Å². The average molecular weight is 322 g/mol. The van der Waals surface area contributed by atoms with Crippen molar-refractivity contribution in [3.8, 4) is 17.0 Å². The summed E-state index contributed by atoms with van der Waals surface area (Å²) in [7, 11) is 0. The zero-order valence-electron chi connectivity index (χ0n) is 12.8. The first-order valence-corrected chi connectivity index (χ1v) is 7.17. The van der Waals surface area contributed by atoms with Crippen molar-refractivity contribution >= 4 is 17.2 Å². The number of nitrogens with one attached hydrogen (secondary N) is 2. The number of azo groups is 1. The molecule has 1 heterocycles. The Kier molecular flexibility index (Phi) is 4.07. The second-order valence-electron chi connectivity index (χ2n) is 5.16. The van der Waals surface area contributed by atoms with Gasteiger partial charge in [0.15, 0.2) is 11.5 Å². The molecule has 0 aliphatic carbocycles. The van der Waals surface area contributed by atoms with Crippen LogP contribution < -0.4 is 5.56 Å². The Balaban J connectivity index is 1.99. The smallest absolute Gasteiger partial charge is 0.292 e. The van der Waals surface area contributed by atoms with Gasteiger partial charge in [0, 0.05) is 11.1 Å². The summed E-state index contributed by atoms with van der Waals surface area (Å²) in [5.74, 6) is -0.00131. The lowest BCUT2D eigenvalue weighted by Crippen LogP contribution is -1.96. The molecule has 7 nitrogen and oxygen atoms in total. The van der Waals surface area contributed by atoms with Gasteiger partial charge in [-0.2, -0.15) is 5.11 Å². The third-order valence-corrected chi connectivity index (χ3v) is 3.41. The third kappa shape index (κ3) is 3.14. The lowest BCUT2D eigenvalue weighted by molar-refractivity contribution is 0.101. The molecule has 0 aliphatic heterocycles. The van der Waals surface area contributed by atoms with Gasteiger partial charge in [-0.25, -0.2) is 0 Å². The minimum absolute atomic E-state index is 0.0756. The normalized spacial score (nSPS) is 11.0. The highest BCUT2D eigenvalue weighted by Gasteiger charge is 2.12. The van der Waals surface area contributed by atoms with Crippen molar-refractivity contribution in [1.29, 1.82) is 0 Å². The van der Waals surface area contributed by atoms with Gasteiger partial charge >= 0.3 is 0 Å². The van der Waals surface area contributed by atoms with E-state index >= 15 is 0 Å². The largest absolute Gasteiger partial charge is 0.508 e. The Hall–Kier alpha value is -3.48. The Morgan fingerprint density at radius 2 is 1.83 bits per heavy atom. The summed E-state index contributed by atoms with van der Waals surface area (Å²) in [5.41, 5.74) is 1.66. The summed E-state index contributed by atoms with van der Waals surface area (Å²) in [5, 5.41) is 22.8. The van der Waals surface area contributed by atoms with Crippen LogP contribution in [0, 0.1) is 0 Å². The standard InChI is InChI=1S/C17H14N4O3/c1-10(22)11-4-2-6-13(8-11)18-20-16-15(19-21-17(16)24)12-5-3-7-14(23)9-12/h2-9,23H,1H3,(H2,19,21,24). The van der Waals surface area contributed by atoms with Crippen molar-refractivity contribution in [2.24, 2.45) is 10.2 Å². The number of H-pyrrole nitrogens is 2. The van der Waals surface area contributed by atoms with Gasteiger partial charge in [0.2, 0.25) is 0 Å². The summed E-state index contributed by atoms with van der Waals surface area (Å²) in [6.07, 6.45) is 0. The van der Waals surface area contributed by atoms with Crippen LogP contribution in [0.3, 0.4) is 0 Å². The summed E-state index contributed by atoms with van der Waals surface area (Å²) in [6.45, 7) is 1.47. The number of rotatable bonds is 4. The maximum absolute atomic E-state index is 11.9. The molecular weight excluding hydrogens is 308 g/mol. The van der Waals surface area contributed by atoms with Crippen molar-refractivity contribution in [1.82, 2.24) is 10.2 Å². The first-order chi connectivity index (χ1) is 11.5. The SMILES string of the molecule is CC(=O)c1cccc(N=Nc2c(-c3cccc(O)c3)[nH][nH]c2=O)c1. The number of aromatic hydroxyl groups is 1. The number of aromatic nitrogens is 2. The molecule has 0 amide bonds. The van der Waals surface area contributed by atoms with E-state index in [4.69, 9.17) is 0 Å². The maximum atomic E-state index is 11.9. The van der Waals surface area contributed by atoms with Crippen LogP contribution in [0.15, 0.2) is 63.6 Å². The predicted molar refractivity (Wildman–Crippen MR) is 89.1 cm³/mol. The Labute approximate surface area is 136 Å². The lowest BCUT2D eigenvalue weighted by atomic mass is 10.1. The maximum Gasteiger partial charge on any atom is 0.292 e. The first-order valence-electron chi connectivity index (χ1n) is 7.17. The van der Waals surface area contributed by atoms with Crippen LogP contribution in [-0.2, 0) is 0 Å². The van der Waals surface area contributed by atoms with E-state index in [2.05, 4.69) is 20.4 Å². The van der Waals surface area contributed by atoms with Gasteiger partial charge in [-0.05, 0) is 31.2 Å². The quantitative estimate of drug-likeness (QED) is 0.503. The number of carbonyl (C=O) groups excluding carboxylic acids is 1. The molecule has 0 saturated carbocycles. The van der Waals surface area contributed by atoms with Gasteiger partial charge in [0.05, 0.1) is 11.4 Å². The molecule has 24 heavy (non-hydrogen) atoms. The fourth-order valence-corrected chi connectivity index (χ4v) is 2.21. The van der Waals surface area contributed by atoms with Crippen molar-refractivity contribution in [2.75, 3.05) is 0 Å². The highest BCUT2D eigenvalue weighted by atomic mass is 16.3. The van der Waals surface area contributed by atoms with Gasteiger partial charge in [-0.1, -0.05) is 24.3 Å². The zero-order valence-corrected chi connectivity index (χ0v) is 12.8. The second kappa shape index (κ2) is 6.33. The molecule has 0 radical (unpaired) electrons. The fraction of sp³-hybridized carbons (Fsp3) is 0.0588. The highest BCUT2D eigenvalue weighted by Crippen LogP contribution is 2.28. The van der Waals surface area contributed by atoms with E-state index in [0.717, 1.165) is 0 Å². The van der Waals surface area contributed by atoms with E-state index in [1.54, 1.807) is 36.4 Å². The van der Waals surface area contributed by atoms with E-state index in [0.29, 0.717) is 22.5 Å². The second-order valence-corrected chi connectivity index (χ2v) is 5.16. The highest BCUT2D eigenvalue weighted by molar-refractivity contribution is 5.94. The van der Waals surface area contributed by atoms with Gasteiger partial charge in [0.1, 0.15) is 5.75 Å². The average Bonchev–Trinajstić information content (AvgIpc) is 2.94. The predicted octanol–water partition coefficient (Wildman–Crippen LogP) is 3.69. The molecule has 3 N–H and O–H groups in total. The van der Waals surface area contributed by atoms with E-state index in [-0.39, 0.29) is 17.2 Å². The van der Waals surface area contributed by atoms with E-state index in [1.807, 2.05) is 0 Å². The first kappa shape index (κ1) is 15.4. The van der Waals surface area contributed by atoms with E-state index < -0.39 is 5.56 Å². The molecule has 0 aliphatic rings. The molecular formula is C17H14N4O3. The molecule has 3 rings (SSSR count). The van der Waals surface area contributed by atoms with Crippen molar-refractivity contribution in [3.05, 3.63) is 64.4 Å². The van der Waals surface area contributed by atoms with Crippen molar-refractivity contribution < 1.29 is 9.90 Å². The monoisotopic (exact) mass is 322 g/mol. The molecule has 0 atom stereocenters. The van der Waals surface area contributed by atoms with Crippen LogP contribution in [0.25, 0.3) is 11.3 Å². The summed E-state index contributed by atoms with van der Waals surface area (Å²) >= 11 is 0. The number of benzene rings is 2. The van der Waals surface area contributed by atoms with Crippen LogP contribution in [0.5, 0.6) is 5.75 Å². The number of hydrogen-bond donors (Lipinski definition) is 3.